The van der Waals surface area contributed by atoms with Crippen molar-refractivity contribution in [1.82, 2.24) is 5.01 Å². The summed E-state index contributed by atoms with van der Waals surface area (Å²) in [5.41, 5.74) is 1.55. The summed E-state index contributed by atoms with van der Waals surface area (Å²) in [6.45, 7) is 4.88. The number of methoxy groups -OCH3 is 2. The molecule has 2 aromatic carbocycles. The minimum atomic E-state index is -0.290. The van der Waals surface area contributed by atoms with Crippen molar-refractivity contribution in [3.63, 3.8) is 0 Å². The molecular formula is C23H24N2O5S2. The van der Waals surface area contributed by atoms with E-state index in [0.717, 1.165) is 11.1 Å². The summed E-state index contributed by atoms with van der Waals surface area (Å²) < 4.78 is 22.1. The zero-order valence-electron chi connectivity index (χ0n) is 18.3. The fourth-order valence-corrected chi connectivity index (χ4v) is 4.10. The summed E-state index contributed by atoms with van der Waals surface area (Å²) in [6.07, 6.45) is 3.32. The molecule has 32 heavy (non-hydrogen) atoms. The highest BCUT2D eigenvalue weighted by Crippen LogP contribution is 2.35. The third-order valence-electron chi connectivity index (χ3n) is 4.37. The Balaban J connectivity index is 1.79. The van der Waals surface area contributed by atoms with Crippen molar-refractivity contribution in [2.75, 3.05) is 27.4 Å². The molecule has 3 rings (SSSR count). The number of carbonyl (C=O) groups is 1. The van der Waals surface area contributed by atoms with Gasteiger partial charge in [0, 0.05) is 0 Å². The van der Waals surface area contributed by atoms with Crippen LogP contribution in [0.15, 0.2) is 46.4 Å². The molecule has 0 unspecified atom stereocenters. The standard InChI is InChI=1S/C23H24N2O5S2/c1-5-29-17-9-7-15(11-19(17)27-3)13-21-22(26)25(23(31)32-21)24-14-16-8-10-18(30-6-2)20(12-16)28-4/h7-14H,5-6H2,1-4H3. The maximum absolute atomic E-state index is 12.9. The molecule has 0 aromatic heterocycles. The minimum Gasteiger partial charge on any atom is -0.493 e. The van der Waals surface area contributed by atoms with Crippen molar-refractivity contribution >= 4 is 46.5 Å². The van der Waals surface area contributed by atoms with Gasteiger partial charge in [0.25, 0.3) is 5.91 Å². The minimum absolute atomic E-state index is 0.290. The van der Waals surface area contributed by atoms with Crippen LogP contribution in [-0.4, -0.2) is 48.9 Å². The molecule has 0 atom stereocenters. The maximum Gasteiger partial charge on any atom is 0.286 e. The first-order chi connectivity index (χ1) is 15.5. The van der Waals surface area contributed by atoms with Crippen molar-refractivity contribution in [1.29, 1.82) is 0 Å². The van der Waals surface area contributed by atoms with Crippen LogP contribution >= 0.6 is 24.0 Å². The fraction of sp³-hybridized carbons (Fsp3) is 0.261. The average molecular weight is 473 g/mol. The molecular weight excluding hydrogens is 448 g/mol. The van der Waals surface area contributed by atoms with Gasteiger partial charge in [-0.25, -0.2) is 0 Å². The number of hydrogen-bond donors (Lipinski definition) is 0. The molecule has 0 aliphatic carbocycles. The van der Waals surface area contributed by atoms with E-state index < -0.39 is 0 Å². The van der Waals surface area contributed by atoms with Gasteiger partial charge in [0.15, 0.2) is 27.3 Å². The summed E-state index contributed by atoms with van der Waals surface area (Å²) in [7, 11) is 3.15. The van der Waals surface area contributed by atoms with Crippen LogP contribution in [0.25, 0.3) is 6.08 Å². The molecule has 2 aromatic rings. The zero-order valence-corrected chi connectivity index (χ0v) is 19.9. The Labute approximate surface area is 197 Å². The smallest absolute Gasteiger partial charge is 0.286 e. The number of nitrogens with zero attached hydrogens (tertiary/aromatic N) is 2. The van der Waals surface area contributed by atoms with Gasteiger partial charge >= 0.3 is 0 Å². The van der Waals surface area contributed by atoms with Gasteiger partial charge in [-0.3, -0.25) is 4.79 Å². The topological polar surface area (TPSA) is 69.6 Å². The van der Waals surface area contributed by atoms with Crippen LogP contribution in [0.3, 0.4) is 0 Å². The van der Waals surface area contributed by atoms with Crippen LogP contribution in [0, 0.1) is 0 Å². The van der Waals surface area contributed by atoms with E-state index in [2.05, 4.69) is 5.10 Å². The van der Waals surface area contributed by atoms with Crippen LogP contribution in [0.1, 0.15) is 25.0 Å². The van der Waals surface area contributed by atoms with Crippen molar-refractivity contribution in [2.24, 2.45) is 5.10 Å². The molecule has 1 fully saturated rings. The van der Waals surface area contributed by atoms with E-state index in [9.17, 15) is 4.79 Å². The van der Waals surface area contributed by atoms with Crippen LogP contribution in [0.5, 0.6) is 23.0 Å². The number of thiocarbonyl (C=S) groups is 1. The normalized spacial score (nSPS) is 15.0. The molecule has 0 saturated carbocycles. The Hall–Kier alpha value is -3.04. The molecule has 7 nitrogen and oxygen atoms in total. The lowest BCUT2D eigenvalue weighted by Crippen LogP contribution is -2.22. The van der Waals surface area contributed by atoms with Crippen molar-refractivity contribution in [2.45, 2.75) is 13.8 Å². The van der Waals surface area contributed by atoms with Crippen LogP contribution in [0.4, 0.5) is 0 Å². The molecule has 1 heterocycles. The lowest BCUT2D eigenvalue weighted by atomic mass is 10.2. The summed E-state index contributed by atoms with van der Waals surface area (Å²) in [5.74, 6) is 2.19. The number of carbonyl (C=O) groups excluding carboxylic acids is 1. The summed E-state index contributed by atoms with van der Waals surface area (Å²) >= 11 is 6.55. The Morgan fingerprint density at radius 2 is 1.50 bits per heavy atom. The number of benzene rings is 2. The monoisotopic (exact) mass is 472 g/mol. The molecule has 0 radical (unpaired) electrons. The highest BCUT2D eigenvalue weighted by molar-refractivity contribution is 8.26. The van der Waals surface area contributed by atoms with E-state index in [4.69, 9.17) is 31.2 Å². The van der Waals surface area contributed by atoms with Crippen molar-refractivity contribution in [3.8, 4) is 23.0 Å². The number of hydrogen-bond acceptors (Lipinski definition) is 8. The van der Waals surface area contributed by atoms with E-state index in [1.807, 2.05) is 38.1 Å². The molecule has 1 aliphatic rings. The largest absolute Gasteiger partial charge is 0.493 e. The first-order valence-corrected chi connectivity index (χ1v) is 11.2. The van der Waals surface area contributed by atoms with E-state index in [0.29, 0.717) is 45.4 Å². The Morgan fingerprint density at radius 3 is 2.06 bits per heavy atom. The van der Waals surface area contributed by atoms with Gasteiger partial charge in [-0.05, 0) is 73.6 Å². The molecule has 1 amide bonds. The van der Waals surface area contributed by atoms with Crippen LogP contribution < -0.4 is 18.9 Å². The second kappa shape index (κ2) is 11.0. The van der Waals surface area contributed by atoms with E-state index in [1.165, 1.54) is 16.8 Å². The molecule has 0 spiro atoms. The quantitative estimate of drug-likeness (QED) is 0.297. The lowest BCUT2D eigenvalue weighted by molar-refractivity contribution is -0.122. The van der Waals surface area contributed by atoms with Gasteiger partial charge in [0.2, 0.25) is 0 Å². The molecule has 1 saturated heterocycles. The predicted octanol–water partition coefficient (Wildman–Crippen LogP) is 4.74. The third kappa shape index (κ3) is 5.41. The van der Waals surface area contributed by atoms with Crippen LogP contribution in [0.2, 0.25) is 0 Å². The Bertz CT molecular complexity index is 1070. The van der Waals surface area contributed by atoms with E-state index in [-0.39, 0.29) is 5.91 Å². The van der Waals surface area contributed by atoms with Gasteiger partial charge < -0.3 is 18.9 Å². The molecule has 1 aliphatic heterocycles. The van der Waals surface area contributed by atoms with Crippen molar-refractivity contribution in [3.05, 3.63) is 52.4 Å². The second-order valence-electron chi connectivity index (χ2n) is 6.42. The molecule has 0 bridgehead atoms. The van der Waals surface area contributed by atoms with Crippen molar-refractivity contribution < 1.29 is 23.7 Å². The first kappa shape index (κ1) is 23.6. The number of hydrazone groups is 1. The highest BCUT2D eigenvalue weighted by Gasteiger charge is 2.32. The predicted molar refractivity (Wildman–Crippen MR) is 131 cm³/mol. The second-order valence-corrected chi connectivity index (χ2v) is 8.10. The number of ether oxygens (including phenoxy) is 4. The SMILES string of the molecule is CCOc1ccc(C=NN2C(=O)C(=Cc3ccc(OCC)c(OC)c3)SC2=S)cc1OC. The summed E-state index contributed by atoms with van der Waals surface area (Å²) in [6, 6.07) is 10.9. The van der Waals surface area contributed by atoms with Gasteiger partial charge in [-0.1, -0.05) is 17.8 Å². The summed E-state index contributed by atoms with van der Waals surface area (Å²) in [5, 5.41) is 5.49. The molecule has 9 heteroatoms. The number of amides is 1. The Kier molecular flexibility index (Phi) is 8.13. The lowest BCUT2D eigenvalue weighted by Gasteiger charge is -2.10. The number of thioether (sulfide) groups is 1. The van der Waals surface area contributed by atoms with Gasteiger partial charge in [0.1, 0.15) is 0 Å². The molecule has 168 valence electrons. The Morgan fingerprint density at radius 1 is 0.938 bits per heavy atom. The zero-order chi connectivity index (χ0) is 23.1. The first-order valence-electron chi connectivity index (χ1n) is 9.94. The van der Waals surface area contributed by atoms with Gasteiger partial charge in [-0.2, -0.15) is 10.1 Å². The van der Waals surface area contributed by atoms with Gasteiger partial charge in [-0.15, -0.1) is 0 Å². The fourth-order valence-electron chi connectivity index (χ4n) is 2.92. The van der Waals surface area contributed by atoms with E-state index >= 15 is 0 Å². The van der Waals surface area contributed by atoms with E-state index in [1.54, 1.807) is 38.6 Å². The summed E-state index contributed by atoms with van der Waals surface area (Å²) in [4.78, 5) is 13.3. The highest BCUT2D eigenvalue weighted by atomic mass is 32.2. The molecule has 0 N–H and O–H groups in total. The average Bonchev–Trinajstić information content (AvgIpc) is 3.06. The maximum atomic E-state index is 12.9. The van der Waals surface area contributed by atoms with Crippen LogP contribution in [-0.2, 0) is 4.79 Å². The third-order valence-corrected chi connectivity index (χ3v) is 5.65. The number of rotatable bonds is 9. The van der Waals surface area contributed by atoms with Gasteiger partial charge in [0.05, 0.1) is 38.6 Å².